The van der Waals surface area contributed by atoms with Gasteiger partial charge in [-0.1, -0.05) is 11.6 Å². The molecule has 1 rings (SSSR count). The van der Waals surface area contributed by atoms with Crippen LogP contribution in [0.4, 0.5) is 11.6 Å². The Morgan fingerprint density at radius 2 is 2.04 bits per heavy atom. The van der Waals surface area contributed by atoms with Gasteiger partial charge in [0.05, 0.1) is 12.2 Å². The van der Waals surface area contributed by atoms with Gasteiger partial charge in [0.2, 0.25) is 0 Å². The van der Waals surface area contributed by atoms with Crippen molar-refractivity contribution >= 4 is 35.4 Å². The minimum atomic E-state index is -0.584. The highest BCUT2D eigenvalue weighted by molar-refractivity contribution is 6.31. The summed E-state index contributed by atoms with van der Waals surface area (Å²) in [6.45, 7) is 0.886. The Hall–Kier alpha value is -2.01. The first-order valence-corrected chi connectivity index (χ1v) is 7.26. The molecule has 1 aromatic heterocycles. The molecule has 2 unspecified atom stereocenters. The number of amides is 1. The summed E-state index contributed by atoms with van der Waals surface area (Å²) < 4.78 is 0. The Kier molecular flexibility index (Phi) is 7.62. The number of nitrogens with two attached hydrogens (primary N) is 3. The molecule has 23 heavy (non-hydrogen) atoms. The molecule has 2 atom stereocenters. The highest BCUT2D eigenvalue weighted by Crippen LogP contribution is 2.17. The lowest BCUT2D eigenvalue weighted by Gasteiger charge is -2.22. The smallest absolute Gasteiger partial charge is 0.275 e. The third kappa shape index (κ3) is 5.60. The van der Waals surface area contributed by atoms with Gasteiger partial charge in [0, 0.05) is 19.5 Å². The van der Waals surface area contributed by atoms with Crippen molar-refractivity contribution in [1.29, 1.82) is 0 Å². The maximum atomic E-state index is 12.2. The number of anilines is 2. The van der Waals surface area contributed by atoms with E-state index in [4.69, 9.17) is 28.8 Å². The number of nitrogen functional groups attached to an aromatic ring is 2. The maximum Gasteiger partial charge on any atom is 0.275 e. The third-order valence-corrected chi connectivity index (χ3v) is 3.26. The lowest BCUT2D eigenvalue weighted by Crippen LogP contribution is -2.49. The average molecular weight is 345 g/mol. The van der Waals surface area contributed by atoms with E-state index >= 15 is 0 Å². The van der Waals surface area contributed by atoms with Gasteiger partial charge in [-0.25, -0.2) is 9.97 Å². The number of carbonyl (C=O) groups excluding carboxylic acids is 2. The quantitative estimate of drug-likeness (QED) is 0.220. The lowest BCUT2D eigenvalue weighted by atomic mass is 10.1. The largest absolute Gasteiger partial charge is 0.382 e. The van der Waals surface area contributed by atoms with Crippen LogP contribution in [-0.4, -0.2) is 54.5 Å². The van der Waals surface area contributed by atoms with E-state index in [2.05, 4.69) is 25.9 Å². The molecule has 0 bridgehead atoms. The van der Waals surface area contributed by atoms with E-state index in [0.717, 1.165) is 6.29 Å². The van der Waals surface area contributed by atoms with Crippen LogP contribution in [0.1, 0.15) is 16.9 Å². The number of nitrogens with zero attached hydrogens (tertiary/aromatic N) is 2. The fourth-order valence-corrected chi connectivity index (χ4v) is 1.92. The first-order chi connectivity index (χ1) is 10.9. The number of nitrogens with one attached hydrogen (secondary N) is 3. The first-order valence-electron chi connectivity index (χ1n) is 6.88. The highest BCUT2D eigenvalue weighted by Gasteiger charge is 2.21. The predicted molar refractivity (Wildman–Crippen MR) is 87.7 cm³/mol. The van der Waals surface area contributed by atoms with Gasteiger partial charge in [0.15, 0.2) is 22.5 Å². The molecule has 0 saturated carbocycles. The van der Waals surface area contributed by atoms with Crippen molar-refractivity contribution in [2.75, 3.05) is 31.6 Å². The van der Waals surface area contributed by atoms with Crippen molar-refractivity contribution in [2.24, 2.45) is 5.73 Å². The van der Waals surface area contributed by atoms with Crippen LogP contribution < -0.4 is 33.2 Å². The molecule has 1 amide bonds. The number of hydrogen-bond donors (Lipinski definition) is 6. The van der Waals surface area contributed by atoms with Crippen LogP contribution in [0.25, 0.3) is 0 Å². The van der Waals surface area contributed by atoms with Gasteiger partial charge < -0.3 is 37.9 Å². The third-order valence-electron chi connectivity index (χ3n) is 2.98. The number of hydrogen-bond acceptors (Lipinski definition) is 9. The Morgan fingerprint density at radius 3 is 2.61 bits per heavy atom. The standard InChI is InChI=1S/C12H21ClN8O2/c1-17-7(4-6(5-22)18-3-2-14)19-12(23)8-10(15)21-11(16)9(13)20-8/h5-7,17-18H,2-4,14H2,1H3,(H,19,23)(H4,15,16,21). The number of carbonyl (C=O) groups is 2. The number of aromatic nitrogens is 2. The number of rotatable bonds is 9. The summed E-state index contributed by atoms with van der Waals surface area (Å²) in [6, 6.07) is -0.463. The van der Waals surface area contributed by atoms with Crippen molar-refractivity contribution < 1.29 is 9.59 Å². The SMILES string of the molecule is CNC(CC(C=O)NCCN)NC(=O)c1nc(Cl)c(N)nc1N. The first kappa shape index (κ1) is 19.0. The van der Waals surface area contributed by atoms with Crippen molar-refractivity contribution in [3.8, 4) is 0 Å². The van der Waals surface area contributed by atoms with Gasteiger partial charge in [0.25, 0.3) is 5.91 Å². The van der Waals surface area contributed by atoms with Crippen LogP contribution >= 0.6 is 11.6 Å². The van der Waals surface area contributed by atoms with Crippen molar-refractivity contribution in [2.45, 2.75) is 18.6 Å². The molecule has 0 aliphatic carbocycles. The van der Waals surface area contributed by atoms with E-state index in [0.29, 0.717) is 19.5 Å². The monoisotopic (exact) mass is 344 g/mol. The van der Waals surface area contributed by atoms with E-state index in [-0.39, 0.29) is 22.5 Å². The second-order valence-electron chi connectivity index (χ2n) is 4.67. The van der Waals surface area contributed by atoms with Crippen LogP contribution in [-0.2, 0) is 4.79 Å². The molecular formula is C12H21ClN8O2. The van der Waals surface area contributed by atoms with Crippen molar-refractivity contribution in [3.05, 3.63) is 10.8 Å². The number of aldehydes is 1. The molecule has 10 nitrogen and oxygen atoms in total. The summed E-state index contributed by atoms with van der Waals surface area (Å²) in [4.78, 5) is 30.8. The fraction of sp³-hybridized carbons (Fsp3) is 0.500. The Labute approximate surface area is 138 Å². The molecule has 9 N–H and O–H groups in total. The van der Waals surface area contributed by atoms with Gasteiger partial charge in [0.1, 0.15) is 6.29 Å². The summed E-state index contributed by atoms with van der Waals surface area (Å²) in [5, 5.41) is 8.37. The Balaban J connectivity index is 2.76. The minimum absolute atomic E-state index is 0.0575. The van der Waals surface area contributed by atoms with Crippen LogP contribution in [0.2, 0.25) is 5.15 Å². The van der Waals surface area contributed by atoms with Gasteiger partial charge in [-0.15, -0.1) is 0 Å². The van der Waals surface area contributed by atoms with Gasteiger partial charge in [-0.2, -0.15) is 0 Å². The Morgan fingerprint density at radius 1 is 1.35 bits per heavy atom. The summed E-state index contributed by atoms with van der Waals surface area (Å²) in [6.07, 6.45) is 0.558. The van der Waals surface area contributed by atoms with E-state index in [1.54, 1.807) is 7.05 Å². The summed E-state index contributed by atoms with van der Waals surface area (Å²) in [5.41, 5.74) is 16.3. The van der Waals surface area contributed by atoms with Crippen LogP contribution in [0.3, 0.4) is 0 Å². The van der Waals surface area contributed by atoms with E-state index in [1.807, 2.05) is 0 Å². The Bertz CT molecular complexity index is 556. The van der Waals surface area contributed by atoms with Gasteiger partial charge in [-0.05, 0) is 7.05 Å². The second kappa shape index (κ2) is 9.20. The summed E-state index contributed by atoms with van der Waals surface area (Å²) in [5.74, 6) is -0.773. The normalized spacial score (nSPS) is 13.3. The predicted octanol–water partition coefficient (Wildman–Crippen LogP) is -1.92. The molecule has 0 saturated heterocycles. The van der Waals surface area contributed by atoms with Crippen molar-refractivity contribution in [1.82, 2.24) is 25.9 Å². The fourth-order valence-electron chi connectivity index (χ4n) is 1.79. The van der Waals surface area contributed by atoms with E-state index in [1.165, 1.54) is 0 Å². The van der Waals surface area contributed by atoms with Crippen LogP contribution in [0.5, 0.6) is 0 Å². The van der Waals surface area contributed by atoms with Crippen LogP contribution in [0.15, 0.2) is 0 Å². The van der Waals surface area contributed by atoms with Gasteiger partial charge >= 0.3 is 0 Å². The molecule has 0 fully saturated rings. The summed E-state index contributed by atoms with van der Waals surface area (Å²) in [7, 11) is 1.64. The molecule has 1 aromatic rings. The van der Waals surface area contributed by atoms with E-state index < -0.39 is 18.1 Å². The molecule has 0 aliphatic heterocycles. The molecule has 0 aliphatic rings. The lowest BCUT2D eigenvalue weighted by molar-refractivity contribution is -0.109. The summed E-state index contributed by atoms with van der Waals surface area (Å²) >= 11 is 5.75. The molecule has 0 spiro atoms. The maximum absolute atomic E-state index is 12.2. The molecule has 128 valence electrons. The second-order valence-corrected chi connectivity index (χ2v) is 5.03. The minimum Gasteiger partial charge on any atom is -0.382 e. The van der Waals surface area contributed by atoms with Crippen molar-refractivity contribution in [3.63, 3.8) is 0 Å². The zero-order valence-corrected chi connectivity index (χ0v) is 13.4. The molecule has 0 radical (unpaired) electrons. The van der Waals surface area contributed by atoms with E-state index in [9.17, 15) is 9.59 Å². The van der Waals surface area contributed by atoms with Crippen LogP contribution in [0, 0.1) is 0 Å². The van der Waals surface area contributed by atoms with Gasteiger partial charge in [-0.3, -0.25) is 4.79 Å². The highest BCUT2D eigenvalue weighted by atomic mass is 35.5. The zero-order valence-electron chi connectivity index (χ0n) is 12.7. The zero-order chi connectivity index (χ0) is 17.4. The molecule has 1 heterocycles. The molecular weight excluding hydrogens is 324 g/mol. The molecule has 0 aromatic carbocycles. The number of halogens is 1. The molecule has 11 heteroatoms. The average Bonchev–Trinajstić information content (AvgIpc) is 2.53. The topological polar surface area (TPSA) is 174 Å².